The Balaban J connectivity index is 0.00000264. The molecule has 6 nitrogen and oxygen atoms in total. The molecule has 0 spiro atoms. The molecule has 0 saturated carbocycles. The van der Waals surface area contributed by atoms with Crippen LogP contribution in [-0.2, 0) is 20.0 Å². The molecule has 24 heavy (non-hydrogen) atoms. The van der Waals surface area contributed by atoms with Gasteiger partial charge in [-0.1, -0.05) is 6.92 Å². The van der Waals surface area contributed by atoms with Crippen LogP contribution in [0.15, 0.2) is 51.1 Å². The van der Waals surface area contributed by atoms with Crippen molar-refractivity contribution in [3.05, 3.63) is 48.0 Å². The molecule has 2 aromatic carbocycles. The van der Waals surface area contributed by atoms with Crippen molar-refractivity contribution < 1.29 is 85.2 Å². The van der Waals surface area contributed by atoms with Gasteiger partial charge in [-0.25, -0.2) is 16.8 Å². The molecule has 0 N–H and O–H groups in total. The summed E-state index contributed by atoms with van der Waals surface area (Å²) in [7, 11) is -7.63. The molecule has 2 rings (SSSR count). The molecule has 0 radical (unpaired) electrons. The average Bonchev–Trinajstić information content (AvgIpc) is 2.46. The fourth-order valence-corrected chi connectivity index (χ4v) is 3.81. The van der Waals surface area contributed by atoms with E-state index in [-0.39, 0.29) is 74.7 Å². The van der Waals surface area contributed by atoms with Crippen LogP contribution in [0.1, 0.15) is 5.56 Å². The van der Waals surface area contributed by atoms with Crippen molar-refractivity contribution in [1.29, 1.82) is 0 Å². The van der Waals surface area contributed by atoms with Gasteiger partial charge in [-0.15, -0.1) is 0 Å². The van der Waals surface area contributed by atoms with E-state index >= 15 is 0 Å². The van der Waals surface area contributed by atoms with Gasteiger partial charge in [0.1, 0.15) is 15.9 Å². The van der Waals surface area contributed by atoms with Crippen molar-refractivity contribution in [1.82, 2.24) is 0 Å². The maximum absolute atomic E-state index is 12.5. The smallest absolute Gasteiger partial charge is 0.744 e. The van der Waals surface area contributed by atoms with Crippen LogP contribution in [0.3, 0.4) is 0 Å². The first-order chi connectivity index (χ1) is 10.2. The molecular weight excluding hydrogens is 374 g/mol. The Kier molecular flexibility index (Phi) is 9.20. The summed E-state index contributed by atoms with van der Waals surface area (Å²) in [6.07, 6.45) is 0. The minimum atomic E-state index is -4.86. The number of ether oxygens (including phenoxy) is 1. The summed E-state index contributed by atoms with van der Waals surface area (Å²) >= 11 is 0. The van der Waals surface area contributed by atoms with Gasteiger partial charge < -0.3 is 9.29 Å². The van der Waals surface area contributed by atoms with Crippen LogP contribution in [0.2, 0.25) is 0 Å². The molecule has 2 aromatic rings. The SMILES string of the molecule is COc1ccc(S(=O)(=O)c2c[c-]c(C)cc2)cc1S(=O)(=O)[O-].[Na+].[Na+]. The Hall–Kier alpha value is 0.100. The van der Waals surface area contributed by atoms with Gasteiger partial charge in [0.2, 0.25) is 0 Å². The van der Waals surface area contributed by atoms with Gasteiger partial charge in [-0.05, 0) is 23.1 Å². The summed E-state index contributed by atoms with van der Waals surface area (Å²) < 4.78 is 63.4. The monoisotopic (exact) mass is 386 g/mol. The Morgan fingerprint density at radius 1 is 1.00 bits per heavy atom. The van der Waals surface area contributed by atoms with Gasteiger partial charge >= 0.3 is 59.1 Å². The van der Waals surface area contributed by atoms with Gasteiger partial charge in [0, 0.05) is 0 Å². The minimum absolute atomic E-state index is 0. The number of rotatable bonds is 4. The first kappa shape index (κ1) is 24.1. The van der Waals surface area contributed by atoms with E-state index in [1.54, 1.807) is 13.0 Å². The number of hydrogen-bond acceptors (Lipinski definition) is 6. The van der Waals surface area contributed by atoms with Crippen molar-refractivity contribution in [3.8, 4) is 5.75 Å². The topological polar surface area (TPSA) is 101 Å². The van der Waals surface area contributed by atoms with Crippen LogP contribution >= 0.6 is 0 Å². The number of aryl methyl sites for hydroxylation is 1. The zero-order chi connectivity index (χ0) is 16.5. The molecular formula is C14H12Na2O6S2. The first-order valence-electron chi connectivity index (χ1n) is 6.03. The van der Waals surface area contributed by atoms with Crippen molar-refractivity contribution in [3.63, 3.8) is 0 Å². The average molecular weight is 386 g/mol. The molecule has 0 aliphatic rings. The fraction of sp³-hybridized carbons (Fsp3) is 0.143. The Morgan fingerprint density at radius 3 is 2.04 bits per heavy atom. The fourth-order valence-electron chi connectivity index (χ4n) is 1.81. The molecule has 0 heterocycles. The van der Waals surface area contributed by atoms with E-state index in [4.69, 9.17) is 4.74 Å². The Morgan fingerprint density at radius 2 is 1.58 bits per heavy atom. The van der Waals surface area contributed by atoms with Crippen LogP contribution in [-0.4, -0.2) is 28.5 Å². The van der Waals surface area contributed by atoms with Crippen LogP contribution in [0.5, 0.6) is 5.75 Å². The quantitative estimate of drug-likeness (QED) is 0.299. The normalized spacial score (nSPS) is 11.1. The van der Waals surface area contributed by atoms with Crippen molar-refractivity contribution in [2.24, 2.45) is 0 Å². The maximum atomic E-state index is 12.5. The van der Waals surface area contributed by atoms with Crippen LogP contribution in [0.4, 0.5) is 0 Å². The number of methoxy groups -OCH3 is 1. The molecule has 0 aliphatic carbocycles. The summed E-state index contributed by atoms with van der Waals surface area (Å²) in [5.41, 5.74) is 0.761. The van der Waals surface area contributed by atoms with Crippen molar-refractivity contribution in [2.45, 2.75) is 21.6 Å². The number of hydrogen-bond donors (Lipinski definition) is 0. The van der Waals surface area contributed by atoms with Crippen LogP contribution in [0.25, 0.3) is 0 Å². The molecule has 0 aromatic heterocycles. The summed E-state index contributed by atoms with van der Waals surface area (Å²) in [6.45, 7) is 1.76. The molecule has 10 heteroatoms. The van der Waals surface area contributed by atoms with Crippen LogP contribution < -0.4 is 63.9 Å². The van der Waals surface area contributed by atoms with Gasteiger partial charge in [0.25, 0.3) is 0 Å². The third-order valence-corrected chi connectivity index (χ3v) is 5.57. The standard InChI is InChI=1S/C14H13O6S2.2Na/c1-10-3-5-11(6-4-10)21(15,16)12-7-8-13(20-2)14(9-12)22(17,18)19;;/h3,5-9H,1-2H3,(H,17,18,19);;/q-1;2*+1/p-1. The van der Waals surface area contributed by atoms with Crippen LogP contribution in [0, 0.1) is 13.0 Å². The Labute approximate surface area is 185 Å². The van der Waals surface area contributed by atoms with E-state index in [1.807, 2.05) is 0 Å². The second-order valence-electron chi connectivity index (χ2n) is 4.48. The summed E-state index contributed by atoms with van der Waals surface area (Å²) in [5.74, 6) is -0.204. The summed E-state index contributed by atoms with van der Waals surface area (Å²) in [4.78, 5) is -1.07. The third-order valence-electron chi connectivity index (χ3n) is 2.96. The third kappa shape index (κ3) is 5.30. The minimum Gasteiger partial charge on any atom is -0.744 e. The largest absolute Gasteiger partial charge is 1.00 e. The van der Waals surface area contributed by atoms with E-state index in [2.05, 4.69) is 6.07 Å². The summed E-state index contributed by atoms with van der Waals surface area (Å²) in [6, 6.07) is 10.1. The predicted molar refractivity (Wildman–Crippen MR) is 76.4 cm³/mol. The Bertz CT molecular complexity index is 907. The maximum Gasteiger partial charge on any atom is 1.00 e. The summed E-state index contributed by atoms with van der Waals surface area (Å²) in [5, 5.41) is 0. The first-order valence-corrected chi connectivity index (χ1v) is 8.93. The zero-order valence-electron chi connectivity index (χ0n) is 13.7. The van der Waals surface area contributed by atoms with E-state index in [0.29, 0.717) is 0 Å². The van der Waals surface area contributed by atoms with E-state index in [0.717, 1.165) is 17.7 Å². The van der Waals surface area contributed by atoms with Gasteiger partial charge in [-0.2, -0.15) is 29.8 Å². The van der Waals surface area contributed by atoms with E-state index in [1.165, 1.54) is 25.3 Å². The number of benzene rings is 2. The van der Waals surface area contributed by atoms with Crippen molar-refractivity contribution >= 4 is 20.0 Å². The second kappa shape index (κ2) is 9.16. The second-order valence-corrected chi connectivity index (χ2v) is 7.78. The zero-order valence-corrected chi connectivity index (χ0v) is 19.4. The molecule has 0 aliphatic heterocycles. The van der Waals surface area contributed by atoms with Gasteiger partial charge in [0.15, 0.2) is 9.84 Å². The van der Waals surface area contributed by atoms with E-state index < -0.39 is 24.9 Å². The van der Waals surface area contributed by atoms with Gasteiger partial charge in [0.05, 0.1) is 16.9 Å². The molecule has 0 atom stereocenters. The van der Waals surface area contributed by atoms with E-state index in [9.17, 15) is 21.4 Å². The number of sulfone groups is 1. The molecule has 0 bridgehead atoms. The molecule has 118 valence electrons. The molecule has 0 fully saturated rings. The molecule has 0 unspecified atom stereocenters. The molecule has 0 saturated heterocycles. The van der Waals surface area contributed by atoms with Crippen molar-refractivity contribution in [2.75, 3.05) is 7.11 Å². The molecule has 0 amide bonds. The predicted octanol–water partition coefficient (Wildman–Crippen LogP) is -4.45. The van der Waals surface area contributed by atoms with Gasteiger partial charge in [-0.3, -0.25) is 0 Å².